The fraction of sp³-hybridized carbons (Fsp3) is 0.700. The molecule has 16 heteroatoms. The number of aliphatic hydroxyl groups is 1. The van der Waals surface area contributed by atoms with Gasteiger partial charge in [0, 0.05) is 25.6 Å². The number of halogens is 1. The molecule has 1 aromatic heterocycles. The maximum absolute atomic E-state index is 13.4. The first-order chi connectivity index (χ1) is 27.0. The van der Waals surface area contributed by atoms with Gasteiger partial charge in [-0.1, -0.05) is 57.9 Å². The SMILES string of the molecule is Cc1ncsc1-c1ccc(CN2CC(O)CC2C(=O)NC(=O)C(NC(=O)COCCOCCOCCOCCOCCOCCCCCCCl)C(C)(C)C)cc1. The minimum Gasteiger partial charge on any atom is -0.392 e. The molecule has 2 heterocycles. The lowest BCUT2D eigenvalue weighted by atomic mass is 9.86. The van der Waals surface area contributed by atoms with E-state index in [1.165, 1.54) is 0 Å². The number of hydrogen-bond acceptors (Lipinski definition) is 13. The van der Waals surface area contributed by atoms with Crippen molar-refractivity contribution in [3.05, 3.63) is 41.0 Å². The van der Waals surface area contributed by atoms with Crippen LogP contribution < -0.4 is 10.6 Å². The Morgan fingerprint density at radius 2 is 1.41 bits per heavy atom. The average Bonchev–Trinajstić information content (AvgIpc) is 3.76. The van der Waals surface area contributed by atoms with Gasteiger partial charge >= 0.3 is 0 Å². The van der Waals surface area contributed by atoms with E-state index < -0.39 is 41.3 Å². The number of aromatic nitrogens is 1. The molecule has 1 saturated heterocycles. The third-order valence-electron chi connectivity index (χ3n) is 8.98. The average molecular weight is 827 g/mol. The number of ether oxygens (including phenoxy) is 6. The van der Waals surface area contributed by atoms with Gasteiger partial charge in [0.05, 0.1) is 94.3 Å². The summed E-state index contributed by atoms with van der Waals surface area (Å²) in [6.07, 6.45) is 3.89. The summed E-state index contributed by atoms with van der Waals surface area (Å²) in [5.74, 6) is -0.905. The predicted molar refractivity (Wildman–Crippen MR) is 216 cm³/mol. The maximum atomic E-state index is 13.4. The van der Waals surface area contributed by atoms with Crippen LogP contribution in [0.15, 0.2) is 29.8 Å². The van der Waals surface area contributed by atoms with Gasteiger partial charge in [0.25, 0.3) is 0 Å². The van der Waals surface area contributed by atoms with E-state index in [4.69, 9.17) is 40.0 Å². The second-order valence-electron chi connectivity index (χ2n) is 14.7. The summed E-state index contributed by atoms with van der Waals surface area (Å²) in [4.78, 5) is 46.8. The molecule has 14 nitrogen and oxygen atoms in total. The molecule has 1 fully saturated rings. The third kappa shape index (κ3) is 18.8. The van der Waals surface area contributed by atoms with Crippen molar-refractivity contribution in [1.29, 1.82) is 0 Å². The number of imide groups is 1. The number of hydrogen-bond donors (Lipinski definition) is 3. The number of aliphatic hydroxyl groups excluding tert-OH is 1. The van der Waals surface area contributed by atoms with Gasteiger partial charge in [-0.15, -0.1) is 22.9 Å². The van der Waals surface area contributed by atoms with E-state index in [-0.39, 0.29) is 26.2 Å². The number of alkyl halides is 1. The molecule has 3 amide bonds. The molecule has 3 atom stereocenters. The highest BCUT2D eigenvalue weighted by atomic mass is 35.5. The van der Waals surface area contributed by atoms with E-state index in [2.05, 4.69) is 15.6 Å². The number of carbonyl (C=O) groups excluding carboxylic acids is 3. The largest absolute Gasteiger partial charge is 0.392 e. The fourth-order valence-corrected chi connectivity index (χ4v) is 6.97. The van der Waals surface area contributed by atoms with Gasteiger partial charge in [0.1, 0.15) is 12.6 Å². The number of benzene rings is 1. The van der Waals surface area contributed by atoms with Crippen molar-refractivity contribution in [2.24, 2.45) is 5.41 Å². The van der Waals surface area contributed by atoms with Gasteiger partial charge in [-0.05, 0) is 42.7 Å². The Morgan fingerprint density at radius 1 is 0.857 bits per heavy atom. The maximum Gasteiger partial charge on any atom is 0.249 e. The van der Waals surface area contributed by atoms with E-state index in [9.17, 15) is 19.5 Å². The van der Waals surface area contributed by atoms with Crippen LogP contribution in [-0.4, -0.2) is 143 Å². The number of carbonyl (C=O) groups is 3. The van der Waals surface area contributed by atoms with Crippen molar-refractivity contribution < 1.29 is 47.9 Å². The Bertz CT molecular complexity index is 1410. The van der Waals surface area contributed by atoms with Crippen LogP contribution in [0.25, 0.3) is 10.4 Å². The monoisotopic (exact) mass is 826 g/mol. The summed E-state index contributed by atoms with van der Waals surface area (Å²) < 4.78 is 33.0. The quantitative estimate of drug-likeness (QED) is 0.0795. The normalized spacial score (nSPS) is 16.6. The first-order valence-electron chi connectivity index (χ1n) is 19.6. The van der Waals surface area contributed by atoms with E-state index in [1.54, 1.807) is 32.1 Å². The van der Waals surface area contributed by atoms with Crippen LogP contribution in [-0.2, 0) is 49.3 Å². The molecule has 0 saturated carbocycles. The van der Waals surface area contributed by atoms with Crippen LogP contribution in [0.1, 0.15) is 64.1 Å². The van der Waals surface area contributed by atoms with Gasteiger partial charge in [-0.25, -0.2) is 4.98 Å². The van der Waals surface area contributed by atoms with E-state index >= 15 is 0 Å². The number of aryl methyl sites for hydroxylation is 1. The van der Waals surface area contributed by atoms with Crippen molar-refractivity contribution in [3.8, 4) is 10.4 Å². The number of amides is 3. The minimum absolute atomic E-state index is 0.175. The lowest BCUT2D eigenvalue weighted by Crippen LogP contribution is -2.57. The molecule has 0 bridgehead atoms. The topological polar surface area (TPSA) is 167 Å². The molecule has 2 aromatic rings. The molecule has 0 spiro atoms. The molecule has 3 unspecified atom stereocenters. The summed E-state index contributed by atoms with van der Waals surface area (Å²) in [5.41, 5.74) is 4.14. The van der Waals surface area contributed by atoms with Crippen molar-refractivity contribution in [2.45, 2.75) is 84.5 Å². The lowest BCUT2D eigenvalue weighted by molar-refractivity contribution is -0.139. The van der Waals surface area contributed by atoms with Crippen LogP contribution in [0.5, 0.6) is 0 Å². The summed E-state index contributed by atoms with van der Waals surface area (Å²) in [6, 6.07) is 6.34. The number of rotatable bonds is 29. The van der Waals surface area contributed by atoms with Gasteiger partial charge in [-0.2, -0.15) is 0 Å². The van der Waals surface area contributed by atoms with Crippen LogP contribution in [0.3, 0.4) is 0 Å². The van der Waals surface area contributed by atoms with Crippen LogP contribution in [0.2, 0.25) is 0 Å². The molecule has 56 heavy (non-hydrogen) atoms. The summed E-state index contributed by atoms with van der Waals surface area (Å²) in [5, 5.41) is 15.6. The molecular formula is C40H63ClN4O10S. The van der Waals surface area contributed by atoms with Crippen LogP contribution in [0.4, 0.5) is 0 Å². The van der Waals surface area contributed by atoms with E-state index in [0.717, 1.165) is 59.9 Å². The first kappa shape index (κ1) is 47.8. The smallest absolute Gasteiger partial charge is 0.249 e. The molecule has 0 radical (unpaired) electrons. The highest BCUT2D eigenvalue weighted by Crippen LogP contribution is 2.28. The van der Waals surface area contributed by atoms with E-state index in [0.29, 0.717) is 65.9 Å². The molecule has 316 valence electrons. The molecule has 1 aromatic carbocycles. The Morgan fingerprint density at radius 3 is 1.95 bits per heavy atom. The van der Waals surface area contributed by atoms with Gasteiger partial charge in [0.15, 0.2) is 0 Å². The zero-order valence-electron chi connectivity index (χ0n) is 33.6. The van der Waals surface area contributed by atoms with Crippen LogP contribution >= 0.6 is 22.9 Å². The second kappa shape index (κ2) is 27.2. The predicted octanol–water partition coefficient (Wildman–Crippen LogP) is 4.13. The Balaban J connectivity index is 1.23. The summed E-state index contributed by atoms with van der Waals surface area (Å²) >= 11 is 7.25. The number of β-amino-alcohol motifs (C(OH)–C–C–N with tert-alkyl or cyclic N) is 1. The summed E-state index contributed by atoms with van der Waals surface area (Å²) in [7, 11) is 0. The number of thiazole rings is 1. The second-order valence-corrected chi connectivity index (χ2v) is 16.0. The van der Waals surface area contributed by atoms with Gasteiger partial charge < -0.3 is 38.8 Å². The van der Waals surface area contributed by atoms with Crippen molar-refractivity contribution >= 4 is 40.7 Å². The third-order valence-corrected chi connectivity index (χ3v) is 10.2. The van der Waals surface area contributed by atoms with Crippen molar-refractivity contribution in [1.82, 2.24) is 20.5 Å². The number of nitrogens with one attached hydrogen (secondary N) is 2. The standard InChI is InChI=1S/C40H63ClN4O10S/c1-30-36(56-29-42-30)32-11-9-31(10-12-32)26-45-27-33(46)25-34(45)38(48)44-39(49)37(40(2,3)4)43-35(47)28-55-24-23-54-22-21-53-20-19-52-18-17-51-16-15-50-14-8-6-5-7-13-41/h9-12,29,33-34,37,46H,5-8,13-28H2,1-4H3,(H,43,47)(H,44,48,49). The molecule has 0 aliphatic carbocycles. The molecular weight excluding hydrogens is 764 g/mol. The zero-order chi connectivity index (χ0) is 40.6. The first-order valence-corrected chi connectivity index (χ1v) is 21.0. The van der Waals surface area contributed by atoms with Gasteiger partial charge in [-0.3, -0.25) is 24.6 Å². The number of unbranched alkanes of at least 4 members (excludes halogenated alkanes) is 3. The fourth-order valence-electron chi connectivity index (χ4n) is 5.97. The van der Waals surface area contributed by atoms with Gasteiger partial charge in [0.2, 0.25) is 17.7 Å². The summed E-state index contributed by atoms with van der Waals surface area (Å²) in [6.45, 7) is 12.8. The Kier molecular flexibility index (Phi) is 23.2. The van der Waals surface area contributed by atoms with Crippen LogP contribution in [0, 0.1) is 12.3 Å². The molecule has 3 rings (SSSR count). The number of likely N-dealkylation sites (tertiary alicyclic amines) is 1. The lowest BCUT2D eigenvalue weighted by Gasteiger charge is -2.31. The minimum atomic E-state index is -0.999. The molecule has 1 aliphatic rings. The van der Waals surface area contributed by atoms with E-state index in [1.807, 2.05) is 41.6 Å². The molecule has 1 aliphatic heterocycles. The Hall–Kier alpha value is -2.57. The molecule has 3 N–H and O–H groups in total. The zero-order valence-corrected chi connectivity index (χ0v) is 35.1. The van der Waals surface area contributed by atoms with Crippen molar-refractivity contribution in [2.75, 3.05) is 91.7 Å². The highest BCUT2D eigenvalue weighted by Gasteiger charge is 2.39. The Labute approximate surface area is 341 Å². The highest BCUT2D eigenvalue weighted by molar-refractivity contribution is 7.13. The number of nitrogens with zero attached hydrogens (tertiary/aromatic N) is 2. The van der Waals surface area contributed by atoms with Crippen molar-refractivity contribution in [3.63, 3.8) is 0 Å².